The minimum atomic E-state index is -0.617. The van der Waals surface area contributed by atoms with Crippen LogP contribution in [-0.4, -0.2) is 49.8 Å². The van der Waals surface area contributed by atoms with Crippen LogP contribution in [-0.2, 0) is 10.3 Å². The van der Waals surface area contributed by atoms with Crippen LogP contribution in [0, 0.1) is 0 Å². The van der Waals surface area contributed by atoms with Gasteiger partial charge in [0.05, 0.1) is 36.5 Å². The zero-order valence-corrected chi connectivity index (χ0v) is 10.7. The summed E-state index contributed by atoms with van der Waals surface area (Å²) >= 11 is 0. The summed E-state index contributed by atoms with van der Waals surface area (Å²) in [6, 6.07) is 0. The first-order chi connectivity index (χ1) is 9.05. The maximum atomic E-state index is 11.8. The first-order valence-corrected chi connectivity index (χ1v) is 6.60. The first-order valence-electron chi connectivity index (χ1n) is 6.60. The van der Waals surface area contributed by atoms with Gasteiger partial charge in [-0.25, -0.2) is 9.48 Å². The molecule has 3 aliphatic heterocycles. The number of aromatic nitrogens is 3. The lowest BCUT2D eigenvalue weighted by atomic mass is 9.66. The van der Waals surface area contributed by atoms with Crippen LogP contribution in [0.15, 0.2) is 6.20 Å². The maximum absolute atomic E-state index is 11.8. The average molecular weight is 264 g/mol. The first kappa shape index (κ1) is 11.2. The fraction of sp³-hybridized carbons (Fsp3) is 0.750. The van der Waals surface area contributed by atoms with Gasteiger partial charge in [0.15, 0.2) is 0 Å². The fourth-order valence-electron chi connectivity index (χ4n) is 3.85. The minimum absolute atomic E-state index is 0.0216. The van der Waals surface area contributed by atoms with Crippen molar-refractivity contribution >= 4 is 6.09 Å². The van der Waals surface area contributed by atoms with Crippen LogP contribution in [0.2, 0.25) is 0 Å². The van der Waals surface area contributed by atoms with Crippen LogP contribution in [0.5, 0.6) is 0 Å². The van der Waals surface area contributed by atoms with Crippen LogP contribution in [0.4, 0.5) is 4.79 Å². The topological polar surface area (TPSA) is 80.5 Å². The molecule has 2 bridgehead atoms. The molecule has 5 rings (SSSR count). The number of hydrogen-bond donors (Lipinski definition) is 1. The van der Waals surface area contributed by atoms with Gasteiger partial charge in [-0.3, -0.25) is 4.90 Å². The van der Waals surface area contributed by atoms with E-state index in [0.717, 1.165) is 19.3 Å². The molecule has 1 N–H and O–H groups in total. The molecule has 0 unspecified atom stereocenters. The summed E-state index contributed by atoms with van der Waals surface area (Å²) in [6.45, 7) is 2.82. The Morgan fingerprint density at radius 2 is 2.26 bits per heavy atom. The van der Waals surface area contributed by atoms with E-state index in [-0.39, 0.29) is 17.2 Å². The Kier molecular flexibility index (Phi) is 1.93. The molecule has 1 aliphatic carbocycles. The standard InChI is InChI=1S/C12H16N4O3/c1-8(17)9-4-16(14-13-9)12-5-11(6-12)2-3-19-10(18)15(11)7-12/h4,8,17H,2-3,5-7H2,1H3/t8-,11?,12?/m0/s1. The molecular formula is C12H16N4O3. The molecule has 4 heterocycles. The Morgan fingerprint density at radius 3 is 2.89 bits per heavy atom. The largest absolute Gasteiger partial charge is 0.449 e. The van der Waals surface area contributed by atoms with E-state index in [4.69, 9.17) is 4.74 Å². The molecule has 7 nitrogen and oxygen atoms in total. The summed E-state index contributed by atoms with van der Waals surface area (Å²) in [5.74, 6) is 0. The van der Waals surface area contributed by atoms with Crippen molar-refractivity contribution in [1.82, 2.24) is 19.9 Å². The Bertz CT molecular complexity index is 547. The number of nitrogens with zero attached hydrogens (tertiary/aromatic N) is 4. The highest BCUT2D eigenvalue weighted by atomic mass is 16.6. The molecule has 4 aliphatic rings. The van der Waals surface area contributed by atoms with Gasteiger partial charge in [0, 0.05) is 6.42 Å². The second kappa shape index (κ2) is 3.27. The van der Waals surface area contributed by atoms with Crippen molar-refractivity contribution < 1.29 is 14.6 Å². The molecule has 1 atom stereocenters. The summed E-state index contributed by atoms with van der Waals surface area (Å²) in [4.78, 5) is 13.7. The molecule has 4 fully saturated rings. The number of hydrogen-bond acceptors (Lipinski definition) is 5. The Labute approximate surface area is 110 Å². The van der Waals surface area contributed by atoms with Crippen molar-refractivity contribution in [3.8, 4) is 0 Å². The quantitative estimate of drug-likeness (QED) is 0.837. The van der Waals surface area contributed by atoms with Gasteiger partial charge >= 0.3 is 6.09 Å². The van der Waals surface area contributed by atoms with E-state index in [0.29, 0.717) is 18.8 Å². The third-order valence-electron chi connectivity index (χ3n) is 4.78. The van der Waals surface area contributed by atoms with E-state index in [1.807, 2.05) is 9.58 Å². The molecule has 0 radical (unpaired) electrons. The maximum Gasteiger partial charge on any atom is 0.410 e. The SMILES string of the molecule is C[C@H](O)c1cn(C23CN4C(=O)OCCC4(C2)C3)nn1. The molecule has 1 aromatic heterocycles. The highest BCUT2D eigenvalue weighted by molar-refractivity contribution is 5.71. The number of carbonyl (C=O) groups is 1. The van der Waals surface area contributed by atoms with Crippen molar-refractivity contribution in [2.75, 3.05) is 13.2 Å². The highest BCUT2D eigenvalue weighted by Gasteiger charge is 2.69. The van der Waals surface area contributed by atoms with Gasteiger partial charge in [-0.2, -0.15) is 0 Å². The molecule has 1 amide bonds. The molecule has 0 aromatic carbocycles. The summed E-state index contributed by atoms with van der Waals surface area (Å²) < 4.78 is 6.93. The summed E-state index contributed by atoms with van der Waals surface area (Å²) in [6.07, 6.45) is 3.70. The molecule has 1 saturated carbocycles. The van der Waals surface area contributed by atoms with Crippen LogP contribution in [0.3, 0.4) is 0 Å². The van der Waals surface area contributed by atoms with E-state index in [1.54, 1.807) is 13.1 Å². The van der Waals surface area contributed by atoms with Gasteiger partial charge in [-0.15, -0.1) is 5.10 Å². The van der Waals surface area contributed by atoms with E-state index >= 15 is 0 Å². The molecular weight excluding hydrogens is 248 g/mol. The van der Waals surface area contributed by atoms with Crippen molar-refractivity contribution in [3.05, 3.63) is 11.9 Å². The second-order valence-corrected chi connectivity index (χ2v) is 6.02. The minimum Gasteiger partial charge on any atom is -0.449 e. The van der Waals surface area contributed by atoms with Crippen LogP contribution in [0.25, 0.3) is 0 Å². The van der Waals surface area contributed by atoms with E-state index in [1.165, 1.54) is 0 Å². The van der Waals surface area contributed by atoms with Gasteiger partial charge < -0.3 is 9.84 Å². The fourth-order valence-corrected chi connectivity index (χ4v) is 3.85. The molecule has 19 heavy (non-hydrogen) atoms. The lowest BCUT2D eigenvalue weighted by Gasteiger charge is -2.48. The van der Waals surface area contributed by atoms with Crippen molar-refractivity contribution in [3.63, 3.8) is 0 Å². The van der Waals surface area contributed by atoms with Crippen molar-refractivity contribution in [1.29, 1.82) is 0 Å². The predicted octanol–water partition coefficient (Wildman–Crippen LogP) is 0.415. The van der Waals surface area contributed by atoms with Gasteiger partial charge in [0.2, 0.25) is 0 Å². The molecule has 1 spiro atoms. The average Bonchev–Trinajstić information content (AvgIpc) is 2.98. The van der Waals surface area contributed by atoms with Crippen molar-refractivity contribution in [2.45, 2.75) is 43.4 Å². The van der Waals surface area contributed by atoms with Crippen LogP contribution in [0.1, 0.15) is 38.0 Å². The number of carbonyl (C=O) groups excluding carboxylic acids is 1. The smallest absolute Gasteiger partial charge is 0.410 e. The Morgan fingerprint density at radius 1 is 1.47 bits per heavy atom. The van der Waals surface area contributed by atoms with E-state index in [9.17, 15) is 9.90 Å². The second-order valence-electron chi connectivity index (χ2n) is 6.02. The highest BCUT2D eigenvalue weighted by Crippen LogP contribution is 2.60. The summed E-state index contributed by atoms with van der Waals surface area (Å²) in [7, 11) is 0. The van der Waals surface area contributed by atoms with Gasteiger partial charge in [-0.05, 0) is 19.8 Å². The van der Waals surface area contributed by atoms with Gasteiger partial charge in [0.1, 0.15) is 5.69 Å². The van der Waals surface area contributed by atoms with E-state index in [2.05, 4.69) is 10.3 Å². The Balaban J connectivity index is 1.65. The van der Waals surface area contributed by atoms with Crippen LogP contribution >= 0.6 is 0 Å². The molecule has 7 heteroatoms. The Hall–Kier alpha value is -1.63. The lowest BCUT2D eigenvalue weighted by Crippen LogP contribution is -2.57. The zero-order chi connectivity index (χ0) is 13.3. The normalized spacial score (nSPS) is 37.6. The third-order valence-corrected chi connectivity index (χ3v) is 4.78. The number of cyclic esters (lactones) is 1. The third kappa shape index (κ3) is 1.28. The number of aliphatic hydroxyl groups is 1. The van der Waals surface area contributed by atoms with E-state index < -0.39 is 6.10 Å². The van der Waals surface area contributed by atoms with Crippen LogP contribution < -0.4 is 0 Å². The lowest BCUT2D eigenvalue weighted by molar-refractivity contribution is -0.00953. The van der Waals surface area contributed by atoms with Gasteiger partial charge in [0.25, 0.3) is 0 Å². The number of ether oxygens (including phenoxy) is 1. The summed E-state index contributed by atoms with van der Waals surface area (Å²) in [5, 5.41) is 17.7. The molecule has 1 aromatic rings. The van der Waals surface area contributed by atoms with Crippen molar-refractivity contribution in [2.24, 2.45) is 0 Å². The number of amides is 1. The molecule has 102 valence electrons. The van der Waals surface area contributed by atoms with Gasteiger partial charge in [-0.1, -0.05) is 5.21 Å². The zero-order valence-electron chi connectivity index (χ0n) is 10.7. The summed E-state index contributed by atoms with van der Waals surface area (Å²) in [5.41, 5.74) is 0.401. The number of rotatable bonds is 2. The molecule has 3 saturated heterocycles. The monoisotopic (exact) mass is 264 g/mol. The number of aliphatic hydroxyl groups excluding tert-OH is 1. The predicted molar refractivity (Wildman–Crippen MR) is 63.3 cm³/mol.